The van der Waals surface area contributed by atoms with Gasteiger partial charge in [0.25, 0.3) is 0 Å². The van der Waals surface area contributed by atoms with Gasteiger partial charge in [0.2, 0.25) is 0 Å². The molecule has 106 valence electrons. The summed E-state index contributed by atoms with van der Waals surface area (Å²) in [6, 6.07) is 6.12. The van der Waals surface area contributed by atoms with E-state index in [-0.39, 0.29) is 0 Å². The predicted octanol–water partition coefficient (Wildman–Crippen LogP) is 2.03. The molecule has 1 aliphatic rings. The number of hydrogen-bond acceptors (Lipinski definition) is 3. The van der Waals surface area contributed by atoms with Crippen LogP contribution in [0.1, 0.15) is 12.6 Å². The first kappa shape index (κ1) is 13.3. The third-order valence-corrected chi connectivity index (χ3v) is 3.76. The van der Waals surface area contributed by atoms with E-state index < -0.39 is 0 Å². The van der Waals surface area contributed by atoms with Crippen LogP contribution in [-0.2, 0) is 6.54 Å². The summed E-state index contributed by atoms with van der Waals surface area (Å²) in [6.45, 7) is 12.5. The van der Waals surface area contributed by atoms with E-state index in [9.17, 15) is 0 Å². The summed E-state index contributed by atoms with van der Waals surface area (Å²) >= 11 is 0. The molecule has 4 heteroatoms. The third-order valence-electron chi connectivity index (χ3n) is 3.76. The standard InChI is InChI=1S/C16H22N4/c1-14(2)11-18-7-9-19(10-8-18)12-15-13-20-6-4-3-5-16(20)17-15/h3-6,13H,1,7-12H2,2H3. The molecule has 0 unspecified atom stereocenters. The molecule has 0 amide bonds. The topological polar surface area (TPSA) is 23.8 Å². The van der Waals surface area contributed by atoms with E-state index in [1.54, 1.807) is 0 Å². The van der Waals surface area contributed by atoms with E-state index in [2.05, 4.69) is 45.1 Å². The monoisotopic (exact) mass is 270 g/mol. The molecule has 1 saturated heterocycles. The number of nitrogens with zero attached hydrogens (tertiary/aromatic N) is 4. The lowest BCUT2D eigenvalue weighted by Crippen LogP contribution is -2.46. The summed E-state index contributed by atoms with van der Waals surface area (Å²) in [5.74, 6) is 0. The number of pyridine rings is 1. The molecule has 4 nitrogen and oxygen atoms in total. The molecule has 0 atom stereocenters. The van der Waals surface area contributed by atoms with E-state index in [0.717, 1.165) is 50.6 Å². The quantitative estimate of drug-likeness (QED) is 0.794. The number of rotatable bonds is 4. The second-order valence-electron chi connectivity index (χ2n) is 5.71. The van der Waals surface area contributed by atoms with Crippen molar-refractivity contribution >= 4 is 5.65 Å². The first-order chi connectivity index (χ1) is 9.70. The van der Waals surface area contributed by atoms with Crippen molar-refractivity contribution in [2.24, 2.45) is 0 Å². The Kier molecular flexibility index (Phi) is 3.85. The van der Waals surface area contributed by atoms with Crippen molar-refractivity contribution in [2.45, 2.75) is 13.5 Å². The molecular weight excluding hydrogens is 248 g/mol. The Morgan fingerprint density at radius 2 is 1.95 bits per heavy atom. The molecule has 0 saturated carbocycles. The van der Waals surface area contributed by atoms with Crippen molar-refractivity contribution in [2.75, 3.05) is 32.7 Å². The summed E-state index contributed by atoms with van der Waals surface area (Å²) in [6.07, 6.45) is 4.19. The SMILES string of the molecule is C=C(C)CN1CCN(Cc2cn3ccccc3n2)CC1. The van der Waals surface area contributed by atoms with Crippen LogP contribution in [0.2, 0.25) is 0 Å². The molecule has 0 aromatic carbocycles. The van der Waals surface area contributed by atoms with Crippen LogP contribution in [0.25, 0.3) is 5.65 Å². The van der Waals surface area contributed by atoms with Crippen LogP contribution < -0.4 is 0 Å². The Morgan fingerprint density at radius 1 is 1.20 bits per heavy atom. The zero-order chi connectivity index (χ0) is 13.9. The second kappa shape index (κ2) is 5.77. The highest BCUT2D eigenvalue weighted by atomic mass is 15.3. The highest BCUT2D eigenvalue weighted by Crippen LogP contribution is 2.10. The van der Waals surface area contributed by atoms with Gasteiger partial charge in [-0.2, -0.15) is 0 Å². The molecule has 0 N–H and O–H groups in total. The highest BCUT2D eigenvalue weighted by molar-refractivity contribution is 5.39. The summed E-state index contributed by atoms with van der Waals surface area (Å²) in [5, 5.41) is 0. The lowest BCUT2D eigenvalue weighted by atomic mass is 10.2. The fourth-order valence-electron chi connectivity index (χ4n) is 2.78. The summed E-state index contributed by atoms with van der Waals surface area (Å²) in [4.78, 5) is 9.63. The van der Waals surface area contributed by atoms with Crippen molar-refractivity contribution in [1.29, 1.82) is 0 Å². The third kappa shape index (κ3) is 3.08. The Morgan fingerprint density at radius 3 is 2.65 bits per heavy atom. The summed E-state index contributed by atoms with van der Waals surface area (Å²) in [7, 11) is 0. The molecule has 2 aromatic rings. The smallest absolute Gasteiger partial charge is 0.137 e. The first-order valence-electron chi connectivity index (χ1n) is 7.22. The molecule has 2 aromatic heterocycles. The van der Waals surface area contributed by atoms with Gasteiger partial charge in [-0.05, 0) is 19.1 Å². The van der Waals surface area contributed by atoms with Crippen LogP contribution in [0.5, 0.6) is 0 Å². The van der Waals surface area contributed by atoms with Gasteiger partial charge in [0.15, 0.2) is 0 Å². The fraction of sp³-hybridized carbons (Fsp3) is 0.438. The lowest BCUT2D eigenvalue weighted by molar-refractivity contribution is 0.134. The number of piperazine rings is 1. The predicted molar refractivity (Wildman–Crippen MR) is 81.7 cm³/mol. The molecular formula is C16H22N4. The molecule has 1 aliphatic heterocycles. The number of fused-ring (bicyclic) bond motifs is 1. The van der Waals surface area contributed by atoms with Crippen molar-refractivity contribution < 1.29 is 0 Å². The van der Waals surface area contributed by atoms with Gasteiger partial charge in [-0.3, -0.25) is 9.80 Å². The van der Waals surface area contributed by atoms with Crippen molar-refractivity contribution in [1.82, 2.24) is 19.2 Å². The molecule has 0 bridgehead atoms. The zero-order valence-corrected chi connectivity index (χ0v) is 12.1. The molecule has 0 aliphatic carbocycles. The largest absolute Gasteiger partial charge is 0.307 e. The van der Waals surface area contributed by atoms with Crippen LogP contribution in [0.3, 0.4) is 0 Å². The Bertz CT molecular complexity index is 560. The van der Waals surface area contributed by atoms with Gasteiger partial charge in [0, 0.05) is 51.7 Å². The van der Waals surface area contributed by atoms with Crippen LogP contribution >= 0.6 is 0 Å². The van der Waals surface area contributed by atoms with E-state index in [1.807, 2.05) is 18.2 Å². The fourth-order valence-corrected chi connectivity index (χ4v) is 2.78. The maximum atomic E-state index is 4.67. The minimum absolute atomic E-state index is 0.947. The Hall–Kier alpha value is -1.65. The van der Waals surface area contributed by atoms with Gasteiger partial charge in [0.1, 0.15) is 5.65 Å². The zero-order valence-electron chi connectivity index (χ0n) is 12.1. The first-order valence-corrected chi connectivity index (χ1v) is 7.22. The van der Waals surface area contributed by atoms with Gasteiger partial charge < -0.3 is 4.40 Å². The maximum absolute atomic E-state index is 4.67. The Balaban J connectivity index is 1.58. The number of aromatic nitrogens is 2. The number of hydrogen-bond donors (Lipinski definition) is 0. The minimum atomic E-state index is 0.947. The van der Waals surface area contributed by atoms with Crippen LogP contribution in [-0.4, -0.2) is 51.9 Å². The van der Waals surface area contributed by atoms with E-state index in [0.29, 0.717) is 0 Å². The van der Waals surface area contributed by atoms with Gasteiger partial charge in [-0.1, -0.05) is 18.2 Å². The van der Waals surface area contributed by atoms with Crippen LogP contribution in [0.15, 0.2) is 42.7 Å². The molecule has 3 rings (SSSR count). The molecule has 0 spiro atoms. The van der Waals surface area contributed by atoms with Gasteiger partial charge >= 0.3 is 0 Å². The lowest BCUT2D eigenvalue weighted by Gasteiger charge is -2.34. The minimum Gasteiger partial charge on any atom is -0.307 e. The molecule has 1 fully saturated rings. The van der Waals surface area contributed by atoms with Gasteiger partial charge in [0.05, 0.1) is 5.69 Å². The van der Waals surface area contributed by atoms with Gasteiger partial charge in [-0.25, -0.2) is 4.98 Å². The van der Waals surface area contributed by atoms with Crippen molar-refractivity contribution in [3.8, 4) is 0 Å². The summed E-state index contributed by atoms with van der Waals surface area (Å²) in [5.41, 5.74) is 3.44. The van der Waals surface area contributed by atoms with Crippen molar-refractivity contribution in [3.05, 3.63) is 48.4 Å². The average molecular weight is 270 g/mol. The Labute approximate surface area is 120 Å². The maximum Gasteiger partial charge on any atom is 0.137 e. The van der Waals surface area contributed by atoms with Crippen LogP contribution in [0, 0.1) is 0 Å². The number of imidazole rings is 1. The van der Waals surface area contributed by atoms with E-state index >= 15 is 0 Å². The van der Waals surface area contributed by atoms with E-state index in [1.165, 1.54) is 5.57 Å². The van der Waals surface area contributed by atoms with Crippen molar-refractivity contribution in [3.63, 3.8) is 0 Å². The van der Waals surface area contributed by atoms with Gasteiger partial charge in [-0.15, -0.1) is 0 Å². The molecule has 0 radical (unpaired) electrons. The molecule has 20 heavy (non-hydrogen) atoms. The molecule has 3 heterocycles. The van der Waals surface area contributed by atoms with E-state index in [4.69, 9.17) is 0 Å². The summed E-state index contributed by atoms with van der Waals surface area (Å²) < 4.78 is 2.09. The second-order valence-corrected chi connectivity index (χ2v) is 5.71. The highest BCUT2D eigenvalue weighted by Gasteiger charge is 2.17. The normalized spacial score (nSPS) is 17.6. The van der Waals surface area contributed by atoms with Crippen LogP contribution in [0.4, 0.5) is 0 Å². The average Bonchev–Trinajstić information content (AvgIpc) is 2.82.